The van der Waals surface area contributed by atoms with Crippen LogP contribution in [0.15, 0.2) is 119 Å². The van der Waals surface area contributed by atoms with Crippen LogP contribution in [0.5, 0.6) is 11.5 Å². The Morgan fingerprint density at radius 2 is 0.759 bits per heavy atom. The molecule has 0 fully saturated rings. The number of rotatable bonds is 12. The highest BCUT2D eigenvalue weighted by molar-refractivity contribution is 7.91. The van der Waals surface area contributed by atoms with Gasteiger partial charge in [0.2, 0.25) is 9.84 Å². The standard InChI is InChI=1S/C49H50O4S/c1-31-9-11-43(25-33(31)3)49(50)44-17-16-39(35(5)26-44)12-14-41-19-23-47(29-37(41)7)54(51,52)48-24-20-42(38(8)30-48)15-13-40-18-22-46(28-36(40)6)53-45-21-10-32(2)34(4)27-45/h9-11,16-30H,12-15H2,1-8H3. The van der Waals surface area contributed by atoms with Gasteiger partial charge in [-0.3, -0.25) is 4.79 Å². The molecule has 276 valence electrons. The summed E-state index contributed by atoms with van der Waals surface area (Å²) in [6.45, 7) is 16.4. The summed E-state index contributed by atoms with van der Waals surface area (Å²) in [5.41, 5.74) is 14.9. The maximum Gasteiger partial charge on any atom is 0.206 e. The average Bonchev–Trinajstić information content (AvgIpc) is 3.14. The van der Waals surface area contributed by atoms with Gasteiger partial charge in [0.15, 0.2) is 5.78 Å². The summed E-state index contributed by atoms with van der Waals surface area (Å²) in [5.74, 6) is 1.68. The van der Waals surface area contributed by atoms with Gasteiger partial charge in [0.25, 0.3) is 0 Å². The van der Waals surface area contributed by atoms with Crippen LogP contribution < -0.4 is 4.74 Å². The molecule has 6 aromatic rings. The van der Waals surface area contributed by atoms with Crippen LogP contribution in [0, 0.1) is 55.4 Å². The summed E-state index contributed by atoms with van der Waals surface area (Å²) in [5, 5.41) is 0. The maximum absolute atomic E-state index is 13.8. The number of ketones is 1. The monoisotopic (exact) mass is 734 g/mol. The van der Waals surface area contributed by atoms with Crippen LogP contribution in [0.3, 0.4) is 0 Å². The van der Waals surface area contributed by atoms with E-state index in [1.54, 1.807) is 24.3 Å². The van der Waals surface area contributed by atoms with E-state index in [0.29, 0.717) is 20.9 Å². The van der Waals surface area contributed by atoms with Crippen molar-refractivity contribution in [1.82, 2.24) is 0 Å². The van der Waals surface area contributed by atoms with Gasteiger partial charge in [0, 0.05) is 11.1 Å². The van der Waals surface area contributed by atoms with Gasteiger partial charge < -0.3 is 4.74 Å². The van der Waals surface area contributed by atoms with Crippen LogP contribution in [-0.2, 0) is 35.5 Å². The molecule has 0 aliphatic rings. The summed E-state index contributed by atoms with van der Waals surface area (Å²) >= 11 is 0. The third-order valence-corrected chi connectivity index (χ3v) is 12.7. The van der Waals surface area contributed by atoms with Gasteiger partial charge in [-0.15, -0.1) is 0 Å². The molecular weight excluding hydrogens is 685 g/mol. The highest BCUT2D eigenvalue weighted by Crippen LogP contribution is 2.29. The number of sulfone groups is 1. The van der Waals surface area contributed by atoms with Crippen molar-refractivity contribution in [3.63, 3.8) is 0 Å². The molecule has 6 aromatic carbocycles. The van der Waals surface area contributed by atoms with Gasteiger partial charge in [0.05, 0.1) is 9.79 Å². The van der Waals surface area contributed by atoms with Crippen LogP contribution in [0.4, 0.5) is 0 Å². The first-order chi connectivity index (χ1) is 25.7. The number of carbonyl (C=O) groups is 1. The first kappa shape index (κ1) is 38.5. The first-order valence-electron chi connectivity index (χ1n) is 18.7. The Labute approximate surface area is 321 Å². The zero-order valence-corrected chi connectivity index (χ0v) is 33.6. The lowest BCUT2D eigenvalue weighted by Gasteiger charge is -2.14. The molecule has 0 bridgehead atoms. The van der Waals surface area contributed by atoms with E-state index in [1.165, 1.54) is 33.4 Å². The Morgan fingerprint density at radius 3 is 1.20 bits per heavy atom. The average molecular weight is 735 g/mol. The number of aryl methyl sites for hydroxylation is 12. The van der Waals surface area contributed by atoms with E-state index in [1.807, 2.05) is 95.3 Å². The van der Waals surface area contributed by atoms with Crippen LogP contribution in [0.2, 0.25) is 0 Å². The molecule has 0 atom stereocenters. The van der Waals surface area contributed by atoms with E-state index >= 15 is 0 Å². The van der Waals surface area contributed by atoms with E-state index in [4.69, 9.17) is 4.74 Å². The van der Waals surface area contributed by atoms with Gasteiger partial charge in [0.1, 0.15) is 11.5 Å². The maximum atomic E-state index is 13.8. The SMILES string of the molecule is Cc1ccc(Oc2ccc(CCc3ccc(S(=O)(=O)c4ccc(CCc5ccc(C(=O)c6ccc(C)c(C)c6)cc5C)c(C)c4)cc3C)c(C)c2)cc1C. The molecule has 5 heteroatoms. The molecule has 0 heterocycles. The van der Waals surface area contributed by atoms with E-state index in [9.17, 15) is 13.2 Å². The first-order valence-corrected chi connectivity index (χ1v) is 20.2. The number of benzene rings is 6. The minimum Gasteiger partial charge on any atom is -0.457 e. The number of hydrogen-bond acceptors (Lipinski definition) is 4. The van der Waals surface area contributed by atoms with Crippen molar-refractivity contribution < 1.29 is 17.9 Å². The Bertz CT molecular complexity index is 2490. The fraction of sp³-hybridized carbons (Fsp3) is 0.245. The van der Waals surface area contributed by atoms with E-state index < -0.39 is 9.84 Å². The molecule has 4 nitrogen and oxygen atoms in total. The highest BCUT2D eigenvalue weighted by atomic mass is 32.2. The predicted molar refractivity (Wildman–Crippen MR) is 220 cm³/mol. The molecule has 0 aromatic heterocycles. The van der Waals surface area contributed by atoms with Crippen molar-refractivity contribution in [2.24, 2.45) is 0 Å². The quantitative estimate of drug-likeness (QED) is 0.117. The Balaban J connectivity index is 1.08. The van der Waals surface area contributed by atoms with E-state index in [2.05, 4.69) is 45.0 Å². The summed E-state index contributed by atoms with van der Waals surface area (Å²) in [7, 11) is -3.69. The van der Waals surface area contributed by atoms with Crippen molar-refractivity contribution in [2.45, 2.75) is 90.9 Å². The van der Waals surface area contributed by atoms with E-state index in [-0.39, 0.29) is 5.78 Å². The van der Waals surface area contributed by atoms with Crippen molar-refractivity contribution in [1.29, 1.82) is 0 Å². The van der Waals surface area contributed by atoms with Crippen molar-refractivity contribution in [3.8, 4) is 11.5 Å². The summed E-state index contributed by atoms with van der Waals surface area (Å²) in [6, 6.07) is 35.1. The fourth-order valence-corrected chi connectivity index (χ4v) is 8.43. The van der Waals surface area contributed by atoms with Gasteiger partial charge in [-0.05, 0) is 208 Å². The zero-order valence-electron chi connectivity index (χ0n) is 32.8. The Morgan fingerprint density at radius 1 is 0.407 bits per heavy atom. The number of carbonyl (C=O) groups excluding carboxylic acids is 1. The zero-order chi connectivity index (χ0) is 38.7. The lowest BCUT2D eigenvalue weighted by atomic mass is 9.94. The molecular formula is C49H50O4S. The van der Waals surface area contributed by atoms with Crippen LogP contribution in [-0.4, -0.2) is 14.2 Å². The second-order valence-electron chi connectivity index (χ2n) is 14.9. The smallest absolute Gasteiger partial charge is 0.206 e. The molecule has 54 heavy (non-hydrogen) atoms. The van der Waals surface area contributed by atoms with E-state index in [0.717, 1.165) is 70.6 Å². The molecule has 0 radical (unpaired) electrons. The van der Waals surface area contributed by atoms with Gasteiger partial charge >= 0.3 is 0 Å². The van der Waals surface area contributed by atoms with Crippen LogP contribution >= 0.6 is 0 Å². The van der Waals surface area contributed by atoms with Gasteiger partial charge in [-0.25, -0.2) is 8.42 Å². The van der Waals surface area contributed by atoms with Crippen LogP contribution in [0.1, 0.15) is 82.7 Å². The topological polar surface area (TPSA) is 60.4 Å². The summed E-state index contributed by atoms with van der Waals surface area (Å²) in [4.78, 5) is 13.8. The molecule has 0 amide bonds. The third-order valence-electron chi connectivity index (χ3n) is 11.0. The number of ether oxygens (including phenoxy) is 1. The summed E-state index contributed by atoms with van der Waals surface area (Å²) in [6.07, 6.45) is 3.22. The second-order valence-corrected chi connectivity index (χ2v) is 16.8. The highest BCUT2D eigenvalue weighted by Gasteiger charge is 2.20. The second kappa shape index (κ2) is 16.0. The molecule has 0 unspecified atom stereocenters. The van der Waals surface area contributed by atoms with Crippen molar-refractivity contribution in [2.75, 3.05) is 0 Å². The van der Waals surface area contributed by atoms with Gasteiger partial charge in [-0.1, -0.05) is 48.5 Å². The molecule has 0 saturated carbocycles. The molecule has 0 saturated heterocycles. The largest absolute Gasteiger partial charge is 0.457 e. The minimum absolute atomic E-state index is 0.0295. The Hall–Kier alpha value is -5.26. The molecule has 0 aliphatic carbocycles. The molecule has 0 N–H and O–H groups in total. The lowest BCUT2D eigenvalue weighted by Crippen LogP contribution is -2.06. The number of hydrogen-bond donors (Lipinski definition) is 0. The lowest BCUT2D eigenvalue weighted by molar-refractivity contribution is 0.103. The fourth-order valence-electron chi connectivity index (χ4n) is 7.00. The molecule has 0 spiro atoms. The predicted octanol–water partition coefficient (Wildman–Crippen LogP) is 11.6. The molecule has 0 aliphatic heterocycles. The minimum atomic E-state index is -3.69. The molecule has 6 rings (SSSR count). The Kier molecular flexibility index (Phi) is 11.4. The van der Waals surface area contributed by atoms with Crippen molar-refractivity contribution in [3.05, 3.63) is 187 Å². The third kappa shape index (κ3) is 8.58. The van der Waals surface area contributed by atoms with Gasteiger partial charge in [-0.2, -0.15) is 0 Å². The normalized spacial score (nSPS) is 11.5. The summed E-state index contributed by atoms with van der Waals surface area (Å²) < 4.78 is 33.7. The van der Waals surface area contributed by atoms with Crippen molar-refractivity contribution >= 4 is 15.6 Å². The van der Waals surface area contributed by atoms with Crippen LogP contribution in [0.25, 0.3) is 0 Å².